The van der Waals surface area contributed by atoms with Crippen LogP contribution < -0.4 is 14.4 Å². The minimum Gasteiger partial charge on any atom is -0.480 e. The highest BCUT2D eigenvalue weighted by atomic mass is 35.5. The zero-order valence-corrected chi connectivity index (χ0v) is 17.8. The van der Waals surface area contributed by atoms with Gasteiger partial charge in [-0.25, -0.2) is 8.78 Å². The van der Waals surface area contributed by atoms with E-state index in [0.29, 0.717) is 30.2 Å². The first-order valence-electron chi connectivity index (χ1n) is 10.3. The van der Waals surface area contributed by atoms with E-state index >= 15 is 0 Å². The van der Waals surface area contributed by atoms with Crippen molar-refractivity contribution in [3.8, 4) is 11.9 Å². The van der Waals surface area contributed by atoms with E-state index in [4.69, 9.17) is 21.1 Å². The van der Waals surface area contributed by atoms with Crippen LogP contribution in [-0.2, 0) is 0 Å². The number of aromatic nitrogens is 3. The van der Waals surface area contributed by atoms with Gasteiger partial charge in [-0.15, -0.1) is 0 Å². The molecule has 2 atom stereocenters. The number of fused-ring (bicyclic) bond motifs is 2. The molecular weight excluding hydrogens is 416 g/mol. The fraction of sp³-hybridized carbons (Fsp3) is 0.650. The first kappa shape index (κ1) is 19.9. The smallest absolute Gasteiger partial charge is 0.319 e. The molecule has 2 aromatic heterocycles. The van der Waals surface area contributed by atoms with Gasteiger partial charge in [-0.2, -0.15) is 15.0 Å². The molecule has 0 bridgehead atoms. The van der Waals surface area contributed by atoms with Gasteiger partial charge in [0.25, 0.3) is 0 Å². The largest absolute Gasteiger partial charge is 0.480 e. The molecule has 0 aromatic carbocycles. The van der Waals surface area contributed by atoms with Gasteiger partial charge >= 0.3 is 6.01 Å². The summed E-state index contributed by atoms with van der Waals surface area (Å²) in [6, 6.07) is 0.363. The number of pyridine rings is 1. The minimum absolute atomic E-state index is 0.00918. The molecule has 162 valence electrons. The van der Waals surface area contributed by atoms with Gasteiger partial charge in [0, 0.05) is 26.1 Å². The maximum atomic E-state index is 14.9. The number of hydrogen-bond donors (Lipinski definition) is 0. The van der Waals surface area contributed by atoms with E-state index in [2.05, 4.69) is 19.9 Å². The predicted octanol–water partition coefficient (Wildman–Crippen LogP) is 3.38. The van der Waals surface area contributed by atoms with Crippen LogP contribution in [0.2, 0.25) is 5.15 Å². The Labute approximate surface area is 178 Å². The normalized spacial score (nSPS) is 26.2. The van der Waals surface area contributed by atoms with Gasteiger partial charge in [0.1, 0.15) is 29.5 Å². The van der Waals surface area contributed by atoms with Crippen LogP contribution in [-0.4, -0.2) is 71.5 Å². The van der Waals surface area contributed by atoms with Gasteiger partial charge in [-0.3, -0.25) is 4.90 Å². The number of methoxy groups -OCH3 is 1. The third-order valence-electron chi connectivity index (χ3n) is 6.52. The third-order valence-corrected chi connectivity index (χ3v) is 6.78. The van der Waals surface area contributed by atoms with Crippen molar-refractivity contribution in [2.75, 3.05) is 38.8 Å². The molecule has 2 saturated heterocycles. The van der Waals surface area contributed by atoms with Crippen molar-refractivity contribution < 1.29 is 18.3 Å². The van der Waals surface area contributed by atoms with Crippen molar-refractivity contribution in [2.24, 2.45) is 0 Å². The number of nitrogens with zero attached hydrogens (tertiary/aromatic N) is 5. The topological polar surface area (TPSA) is 63.6 Å². The van der Waals surface area contributed by atoms with Gasteiger partial charge in [-0.05, 0) is 32.2 Å². The summed E-state index contributed by atoms with van der Waals surface area (Å²) in [5.41, 5.74) is -0.332. The van der Waals surface area contributed by atoms with E-state index in [9.17, 15) is 8.78 Å². The van der Waals surface area contributed by atoms with Crippen molar-refractivity contribution in [1.29, 1.82) is 0 Å². The Kier molecular flexibility index (Phi) is 4.85. The van der Waals surface area contributed by atoms with Crippen molar-refractivity contribution >= 4 is 28.3 Å². The highest BCUT2D eigenvalue weighted by Gasteiger charge is 2.49. The van der Waals surface area contributed by atoms with E-state index < -0.39 is 12.0 Å². The van der Waals surface area contributed by atoms with Crippen LogP contribution in [0, 0.1) is 5.82 Å². The Hall–Kier alpha value is -2.00. The molecule has 3 aliphatic rings. The number of ether oxygens (including phenoxy) is 2. The lowest BCUT2D eigenvalue weighted by Gasteiger charge is -2.31. The van der Waals surface area contributed by atoms with Crippen LogP contribution >= 0.6 is 11.6 Å². The fourth-order valence-corrected chi connectivity index (χ4v) is 4.99. The number of hydrogen-bond acceptors (Lipinski definition) is 7. The summed E-state index contributed by atoms with van der Waals surface area (Å²) in [4.78, 5) is 17.0. The predicted molar refractivity (Wildman–Crippen MR) is 109 cm³/mol. The van der Waals surface area contributed by atoms with E-state index in [0.717, 1.165) is 32.2 Å². The lowest BCUT2D eigenvalue weighted by atomic mass is 9.95. The first-order valence-corrected chi connectivity index (χ1v) is 10.6. The second-order valence-electron chi connectivity index (χ2n) is 8.49. The minimum atomic E-state index is -0.852. The third kappa shape index (κ3) is 3.22. The number of halogens is 3. The molecule has 2 aliphatic heterocycles. The maximum absolute atomic E-state index is 14.9. The average molecular weight is 440 g/mol. The molecule has 3 fully saturated rings. The summed E-state index contributed by atoms with van der Waals surface area (Å²) in [6.07, 6.45) is 3.52. The van der Waals surface area contributed by atoms with Gasteiger partial charge in [0.15, 0.2) is 11.0 Å². The molecular formula is C20H24ClF2N5O2. The van der Waals surface area contributed by atoms with Crippen LogP contribution in [0.25, 0.3) is 10.9 Å². The summed E-state index contributed by atoms with van der Waals surface area (Å²) in [5, 5.41) is 0.0483. The monoisotopic (exact) mass is 439 g/mol. The number of alkyl halides is 1. The molecule has 0 spiro atoms. The van der Waals surface area contributed by atoms with Crippen molar-refractivity contribution in [3.05, 3.63) is 11.0 Å². The molecule has 1 aliphatic carbocycles. The zero-order chi connectivity index (χ0) is 21.0. The summed E-state index contributed by atoms with van der Waals surface area (Å²) in [6.45, 7) is 1.57. The Morgan fingerprint density at radius 2 is 2.10 bits per heavy atom. The van der Waals surface area contributed by atoms with Crippen LogP contribution in [0.1, 0.15) is 32.1 Å². The SMILES string of the molecule is COc1nc(Cl)c(F)c2nc(OC[C@@]34CCCN3C[C@H](F)C4)nc(N(C)C3CC3)c12. The van der Waals surface area contributed by atoms with Gasteiger partial charge in [0.05, 0.1) is 12.6 Å². The maximum Gasteiger partial charge on any atom is 0.319 e. The van der Waals surface area contributed by atoms with E-state index in [1.54, 1.807) is 0 Å². The number of anilines is 1. The van der Waals surface area contributed by atoms with Crippen molar-refractivity contribution in [3.63, 3.8) is 0 Å². The summed E-state index contributed by atoms with van der Waals surface area (Å²) >= 11 is 5.97. The van der Waals surface area contributed by atoms with Gasteiger partial charge in [0.2, 0.25) is 5.88 Å². The highest BCUT2D eigenvalue weighted by Crippen LogP contribution is 2.42. The summed E-state index contributed by atoms with van der Waals surface area (Å²) < 4.78 is 40.3. The van der Waals surface area contributed by atoms with Crippen LogP contribution in [0.4, 0.5) is 14.6 Å². The standard InChI is InChI=1S/C20H24ClF2N5O2/c1-27(12-4-5-12)17-13-15(14(23)16(21)25-18(13)29-2)24-19(26-17)30-10-20-6-3-7-28(20)9-11(22)8-20/h11-12H,3-10H2,1-2H3/t11-,20+/m1/s1. The molecule has 0 radical (unpaired) electrons. The molecule has 0 N–H and O–H groups in total. The lowest BCUT2D eigenvalue weighted by molar-refractivity contribution is 0.107. The second-order valence-corrected chi connectivity index (χ2v) is 8.84. The van der Waals surface area contributed by atoms with Gasteiger partial charge < -0.3 is 14.4 Å². The van der Waals surface area contributed by atoms with E-state index in [-0.39, 0.29) is 34.7 Å². The van der Waals surface area contributed by atoms with E-state index in [1.165, 1.54) is 7.11 Å². The van der Waals surface area contributed by atoms with Crippen LogP contribution in [0.5, 0.6) is 11.9 Å². The Morgan fingerprint density at radius 3 is 2.83 bits per heavy atom. The van der Waals surface area contributed by atoms with Crippen molar-refractivity contribution in [1.82, 2.24) is 19.9 Å². The lowest BCUT2D eigenvalue weighted by Crippen LogP contribution is -2.43. The first-order chi connectivity index (χ1) is 14.4. The molecule has 1 saturated carbocycles. The van der Waals surface area contributed by atoms with Gasteiger partial charge in [-0.1, -0.05) is 11.6 Å². The Bertz CT molecular complexity index is 992. The average Bonchev–Trinajstić information content (AvgIpc) is 3.44. The molecule has 30 heavy (non-hydrogen) atoms. The van der Waals surface area contributed by atoms with Crippen molar-refractivity contribution in [2.45, 2.75) is 49.9 Å². The summed E-state index contributed by atoms with van der Waals surface area (Å²) in [7, 11) is 3.35. The molecule has 4 heterocycles. The summed E-state index contributed by atoms with van der Waals surface area (Å²) in [5.74, 6) is -0.0782. The molecule has 0 unspecified atom stereocenters. The number of rotatable bonds is 6. The molecule has 10 heteroatoms. The molecule has 5 rings (SSSR count). The zero-order valence-electron chi connectivity index (χ0n) is 17.0. The quantitative estimate of drug-likeness (QED) is 0.639. The van der Waals surface area contributed by atoms with Crippen LogP contribution in [0.3, 0.4) is 0 Å². The Morgan fingerprint density at radius 1 is 1.30 bits per heavy atom. The Balaban J connectivity index is 1.55. The molecule has 7 nitrogen and oxygen atoms in total. The van der Waals surface area contributed by atoms with Crippen LogP contribution in [0.15, 0.2) is 0 Å². The second kappa shape index (κ2) is 7.30. The van der Waals surface area contributed by atoms with E-state index in [1.807, 2.05) is 11.9 Å². The highest BCUT2D eigenvalue weighted by molar-refractivity contribution is 6.30. The fourth-order valence-electron chi connectivity index (χ4n) is 4.83. The molecule has 0 amide bonds. The molecule has 2 aromatic rings.